The van der Waals surface area contributed by atoms with E-state index in [1.165, 1.54) is 14.2 Å². The minimum atomic E-state index is -0.423. The van der Waals surface area contributed by atoms with E-state index >= 15 is 0 Å². The molecule has 2 aromatic rings. The van der Waals surface area contributed by atoms with Gasteiger partial charge in [0.25, 0.3) is 11.1 Å². The lowest BCUT2D eigenvalue weighted by atomic mass is 10.1. The third kappa shape index (κ3) is 3.53. The molecule has 0 unspecified atom stereocenters. The van der Waals surface area contributed by atoms with Gasteiger partial charge in [-0.1, -0.05) is 23.2 Å². The summed E-state index contributed by atoms with van der Waals surface area (Å²) in [4.78, 5) is 26.3. The first-order chi connectivity index (χ1) is 12.4. The lowest BCUT2D eigenvalue weighted by Crippen LogP contribution is -2.27. The van der Waals surface area contributed by atoms with Gasteiger partial charge in [-0.25, -0.2) is 4.90 Å². The van der Waals surface area contributed by atoms with Crippen LogP contribution in [0.3, 0.4) is 0 Å². The summed E-state index contributed by atoms with van der Waals surface area (Å²) in [5.41, 5.74) is 1.00. The van der Waals surface area contributed by atoms with Crippen LogP contribution in [0.15, 0.2) is 41.3 Å². The maximum atomic E-state index is 12.7. The fraction of sp³-hybridized carbons (Fsp3) is 0.111. The van der Waals surface area contributed by atoms with Gasteiger partial charge in [0, 0.05) is 11.1 Å². The van der Waals surface area contributed by atoms with Crippen molar-refractivity contribution in [2.24, 2.45) is 0 Å². The summed E-state index contributed by atoms with van der Waals surface area (Å²) >= 11 is 13.0. The van der Waals surface area contributed by atoms with E-state index in [4.69, 9.17) is 32.7 Å². The topological polar surface area (TPSA) is 55.8 Å². The Hall–Kier alpha value is -2.15. The summed E-state index contributed by atoms with van der Waals surface area (Å²) in [6.07, 6.45) is 1.56. The van der Waals surface area contributed by atoms with Crippen molar-refractivity contribution in [1.29, 1.82) is 0 Å². The zero-order valence-corrected chi connectivity index (χ0v) is 16.1. The van der Waals surface area contributed by atoms with Crippen LogP contribution >= 0.6 is 35.0 Å². The number of hydrogen-bond acceptors (Lipinski definition) is 5. The summed E-state index contributed by atoms with van der Waals surface area (Å²) in [5, 5.41) is 0.509. The molecule has 1 aliphatic heterocycles. The van der Waals surface area contributed by atoms with Gasteiger partial charge in [-0.3, -0.25) is 9.59 Å². The summed E-state index contributed by atoms with van der Waals surface area (Å²) in [6.45, 7) is 0. The number of thioether (sulfide) groups is 1. The Kier molecular flexibility index (Phi) is 5.46. The van der Waals surface area contributed by atoms with Crippen molar-refractivity contribution in [3.8, 4) is 11.5 Å². The molecule has 1 fully saturated rings. The molecule has 1 heterocycles. The van der Waals surface area contributed by atoms with Crippen LogP contribution in [0.1, 0.15) is 5.56 Å². The molecular formula is C18H13Cl2NO4S. The average Bonchev–Trinajstić information content (AvgIpc) is 2.90. The number of nitrogens with zero attached hydrogens (tertiary/aromatic N) is 1. The Labute approximate surface area is 164 Å². The van der Waals surface area contributed by atoms with Crippen molar-refractivity contribution in [3.63, 3.8) is 0 Å². The molecule has 0 N–H and O–H groups in total. The van der Waals surface area contributed by atoms with Gasteiger partial charge in [0.2, 0.25) is 0 Å². The van der Waals surface area contributed by atoms with Crippen molar-refractivity contribution >= 4 is 57.9 Å². The second-order valence-corrected chi connectivity index (χ2v) is 7.06. The molecular weight excluding hydrogens is 397 g/mol. The zero-order valence-electron chi connectivity index (χ0n) is 13.8. The second-order valence-electron chi connectivity index (χ2n) is 5.22. The van der Waals surface area contributed by atoms with Gasteiger partial charge in [0.15, 0.2) is 11.5 Å². The summed E-state index contributed by atoms with van der Waals surface area (Å²) in [5.74, 6) is 0.525. The van der Waals surface area contributed by atoms with E-state index in [1.54, 1.807) is 42.5 Å². The predicted molar refractivity (Wildman–Crippen MR) is 104 cm³/mol. The Morgan fingerprint density at radius 3 is 2.23 bits per heavy atom. The summed E-state index contributed by atoms with van der Waals surface area (Å²) in [7, 11) is 3.01. The van der Waals surface area contributed by atoms with Crippen LogP contribution in [-0.4, -0.2) is 25.4 Å². The largest absolute Gasteiger partial charge is 0.493 e. The Morgan fingerprint density at radius 2 is 1.62 bits per heavy atom. The molecule has 134 valence electrons. The van der Waals surface area contributed by atoms with Crippen LogP contribution < -0.4 is 14.4 Å². The van der Waals surface area contributed by atoms with Crippen LogP contribution in [0, 0.1) is 0 Å². The predicted octanol–water partition coefficient (Wildman–Crippen LogP) is 5.25. The SMILES string of the molecule is COc1cc(Cl)c(/C=C2/SC(=O)N(c3ccc(Cl)cc3)C2=O)cc1OC. The van der Waals surface area contributed by atoms with E-state index < -0.39 is 5.91 Å². The molecule has 0 spiro atoms. The van der Waals surface area contributed by atoms with Gasteiger partial charge in [-0.15, -0.1) is 0 Å². The first-order valence-corrected chi connectivity index (χ1v) is 8.97. The van der Waals surface area contributed by atoms with Crippen LogP contribution in [0.25, 0.3) is 6.08 Å². The smallest absolute Gasteiger partial charge is 0.298 e. The van der Waals surface area contributed by atoms with Crippen molar-refractivity contribution in [2.45, 2.75) is 0 Å². The van der Waals surface area contributed by atoms with Crippen LogP contribution in [0.5, 0.6) is 11.5 Å². The fourth-order valence-electron chi connectivity index (χ4n) is 2.40. The number of rotatable bonds is 4. The number of anilines is 1. The van der Waals surface area contributed by atoms with E-state index in [0.29, 0.717) is 32.8 Å². The Bertz CT molecular complexity index is 912. The quantitative estimate of drug-likeness (QED) is 0.645. The number of benzene rings is 2. The Balaban J connectivity index is 1.97. The molecule has 2 aromatic carbocycles. The van der Waals surface area contributed by atoms with Crippen LogP contribution in [-0.2, 0) is 4.79 Å². The summed E-state index contributed by atoms with van der Waals surface area (Å²) in [6, 6.07) is 9.72. The van der Waals surface area contributed by atoms with Crippen LogP contribution in [0.2, 0.25) is 10.0 Å². The van der Waals surface area contributed by atoms with Gasteiger partial charge in [-0.2, -0.15) is 0 Å². The van der Waals surface area contributed by atoms with E-state index in [1.807, 2.05) is 0 Å². The molecule has 5 nitrogen and oxygen atoms in total. The molecule has 0 aliphatic carbocycles. The molecule has 3 rings (SSSR count). The number of imide groups is 1. The van der Waals surface area contributed by atoms with Gasteiger partial charge in [0.05, 0.1) is 29.8 Å². The average molecular weight is 410 g/mol. The lowest BCUT2D eigenvalue weighted by molar-refractivity contribution is -0.113. The van der Waals surface area contributed by atoms with Gasteiger partial charge in [-0.05, 0) is 53.7 Å². The monoisotopic (exact) mass is 409 g/mol. The first-order valence-electron chi connectivity index (χ1n) is 7.39. The number of amides is 2. The molecule has 0 saturated carbocycles. The number of carbonyl (C=O) groups is 2. The third-order valence-corrected chi connectivity index (χ3v) is 5.12. The molecule has 26 heavy (non-hydrogen) atoms. The number of halogens is 2. The van der Waals surface area contributed by atoms with Crippen LogP contribution in [0.4, 0.5) is 10.5 Å². The normalized spacial score (nSPS) is 15.7. The maximum absolute atomic E-state index is 12.7. The highest BCUT2D eigenvalue weighted by molar-refractivity contribution is 8.19. The number of hydrogen-bond donors (Lipinski definition) is 0. The number of carbonyl (C=O) groups excluding carboxylic acids is 2. The lowest BCUT2D eigenvalue weighted by Gasteiger charge is -2.12. The minimum absolute atomic E-state index is 0.263. The third-order valence-electron chi connectivity index (χ3n) is 3.67. The zero-order chi connectivity index (χ0) is 18.8. The molecule has 1 saturated heterocycles. The number of methoxy groups -OCH3 is 2. The van der Waals surface area contributed by atoms with Crippen molar-refractivity contribution in [2.75, 3.05) is 19.1 Å². The maximum Gasteiger partial charge on any atom is 0.298 e. The highest BCUT2D eigenvalue weighted by Gasteiger charge is 2.36. The van der Waals surface area contributed by atoms with Gasteiger partial charge >= 0.3 is 0 Å². The molecule has 0 radical (unpaired) electrons. The standard InChI is InChI=1S/C18H13Cl2NO4S/c1-24-14-7-10(13(20)9-15(14)25-2)8-16-17(22)21(18(23)26-16)12-5-3-11(19)4-6-12/h3-9H,1-2H3/b16-8+. The highest BCUT2D eigenvalue weighted by Crippen LogP contribution is 2.39. The molecule has 1 aliphatic rings. The Morgan fingerprint density at radius 1 is 1.00 bits per heavy atom. The van der Waals surface area contributed by atoms with Crippen molar-refractivity contribution in [3.05, 3.63) is 56.9 Å². The van der Waals surface area contributed by atoms with E-state index in [-0.39, 0.29) is 10.1 Å². The van der Waals surface area contributed by atoms with Crippen molar-refractivity contribution < 1.29 is 19.1 Å². The molecule has 0 atom stereocenters. The second kappa shape index (κ2) is 7.61. The van der Waals surface area contributed by atoms with Crippen molar-refractivity contribution in [1.82, 2.24) is 0 Å². The van der Waals surface area contributed by atoms with E-state index in [2.05, 4.69) is 0 Å². The molecule has 2 amide bonds. The number of ether oxygens (including phenoxy) is 2. The molecule has 0 bridgehead atoms. The summed E-state index contributed by atoms with van der Waals surface area (Å²) < 4.78 is 10.4. The minimum Gasteiger partial charge on any atom is -0.493 e. The van der Waals surface area contributed by atoms with Gasteiger partial charge < -0.3 is 9.47 Å². The molecule has 8 heteroatoms. The highest BCUT2D eigenvalue weighted by atomic mass is 35.5. The van der Waals surface area contributed by atoms with E-state index in [0.717, 1.165) is 16.7 Å². The fourth-order valence-corrected chi connectivity index (χ4v) is 3.57. The molecule has 0 aromatic heterocycles. The van der Waals surface area contributed by atoms with E-state index in [9.17, 15) is 9.59 Å². The first kappa shape index (κ1) is 18.6. The van der Waals surface area contributed by atoms with Gasteiger partial charge in [0.1, 0.15) is 0 Å².